The van der Waals surface area contributed by atoms with Crippen molar-refractivity contribution in [3.8, 4) is 0 Å². The minimum absolute atomic E-state index is 0.00704. The zero-order chi connectivity index (χ0) is 12.5. The highest BCUT2D eigenvalue weighted by Gasteiger charge is 2.24. The fraction of sp³-hybridized carbons (Fsp3) is 0.222. The van der Waals surface area contributed by atoms with Crippen LogP contribution in [0, 0.1) is 17.0 Å². The molecule has 7 heteroatoms. The zero-order valence-electron chi connectivity index (χ0n) is 8.18. The molecule has 0 aromatic heterocycles. The normalized spacial score (nSPS) is 12.2. The van der Waals surface area contributed by atoms with Crippen molar-refractivity contribution in [1.82, 2.24) is 0 Å². The van der Waals surface area contributed by atoms with Crippen molar-refractivity contribution < 1.29 is 19.9 Å². The van der Waals surface area contributed by atoms with Crippen LogP contribution in [0.4, 0.5) is 5.69 Å². The molecule has 1 aromatic rings. The number of carboxylic acids is 1. The maximum Gasteiger partial charge on any atom is 0.337 e. The quantitative estimate of drug-likeness (QED) is 0.623. The average molecular weight is 246 g/mol. The molecule has 0 bridgehead atoms. The molecular formula is C9H8ClNO5. The van der Waals surface area contributed by atoms with Gasteiger partial charge in [-0.1, -0.05) is 11.6 Å². The van der Waals surface area contributed by atoms with Gasteiger partial charge in [-0.15, -0.1) is 0 Å². The molecule has 1 atom stereocenters. The number of hydrogen-bond acceptors (Lipinski definition) is 4. The summed E-state index contributed by atoms with van der Waals surface area (Å²) in [4.78, 5) is 20.5. The Morgan fingerprint density at radius 1 is 1.56 bits per heavy atom. The number of nitrogens with zero attached hydrogens (tertiary/aromatic N) is 1. The van der Waals surface area contributed by atoms with Gasteiger partial charge in [0, 0.05) is 22.2 Å². The molecule has 86 valence electrons. The van der Waals surface area contributed by atoms with Gasteiger partial charge in [-0.05, 0) is 13.0 Å². The van der Waals surface area contributed by atoms with E-state index in [0.29, 0.717) is 0 Å². The Labute approximate surface area is 95.2 Å². The van der Waals surface area contributed by atoms with Crippen LogP contribution in [0.5, 0.6) is 0 Å². The summed E-state index contributed by atoms with van der Waals surface area (Å²) in [7, 11) is 0. The van der Waals surface area contributed by atoms with Gasteiger partial charge in [-0.3, -0.25) is 10.1 Å². The lowest BCUT2D eigenvalue weighted by molar-refractivity contribution is -0.385. The molecule has 0 radical (unpaired) electrons. The molecule has 0 saturated heterocycles. The minimum Gasteiger partial charge on any atom is -0.479 e. The summed E-state index contributed by atoms with van der Waals surface area (Å²) >= 11 is 5.61. The summed E-state index contributed by atoms with van der Waals surface area (Å²) in [5.41, 5.74) is -0.307. The Bertz CT molecular complexity index is 459. The number of nitro groups is 1. The number of halogens is 1. The minimum atomic E-state index is -1.82. The molecule has 0 spiro atoms. The van der Waals surface area contributed by atoms with Gasteiger partial charge in [0.05, 0.1) is 4.92 Å². The third-order valence-corrected chi connectivity index (χ3v) is 2.33. The van der Waals surface area contributed by atoms with Crippen LogP contribution in [-0.4, -0.2) is 21.1 Å². The van der Waals surface area contributed by atoms with Crippen LogP contribution in [0.3, 0.4) is 0 Å². The second-order valence-electron chi connectivity index (χ2n) is 3.14. The smallest absolute Gasteiger partial charge is 0.337 e. The molecular weight excluding hydrogens is 238 g/mol. The van der Waals surface area contributed by atoms with Crippen molar-refractivity contribution in [1.29, 1.82) is 0 Å². The molecule has 0 heterocycles. The molecule has 0 aliphatic rings. The first-order chi connectivity index (χ1) is 7.34. The lowest BCUT2D eigenvalue weighted by atomic mass is 10.0. The van der Waals surface area contributed by atoms with E-state index in [-0.39, 0.29) is 21.8 Å². The van der Waals surface area contributed by atoms with E-state index in [0.717, 1.165) is 6.07 Å². The van der Waals surface area contributed by atoms with Gasteiger partial charge in [0.1, 0.15) is 0 Å². The second-order valence-corrected chi connectivity index (χ2v) is 3.57. The molecule has 0 amide bonds. The standard InChI is InChI=1S/C9H8ClNO5/c1-4-6(8(12)9(13)14)2-5(10)3-7(4)11(15)16/h2-3,8,12H,1H3,(H,13,14). The van der Waals surface area contributed by atoms with E-state index < -0.39 is 17.0 Å². The van der Waals surface area contributed by atoms with Crippen LogP contribution in [0.15, 0.2) is 12.1 Å². The van der Waals surface area contributed by atoms with E-state index in [9.17, 15) is 20.0 Å². The molecule has 16 heavy (non-hydrogen) atoms. The van der Waals surface area contributed by atoms with Gasteiger partial charge in [-0.2, -0.15) is 0 Å². The number of rotatable bonds is 3. The topological polar surface area (TPSA) is 101 Å². The number of aliphatic carboxylic acids is 1. The Hall–Kier alpha value is -1.66. The molecule has 1 unspecified atom stereocenters. The van der Waals surface area contributed by atoms with E-state index in [1.54, 1.807) is 0 Å². The van der Waals surface area contributed by atoms with Gasteiger partial charge in [-0.25, -0.2) is 4.79 Å². The van der Waals surface area contributed by atoms with E-state index in [2.05, 4.69) is 0 Å². The summed E-state index contributed by atoms with van der Waals surface area (Å²) in [6, 6.07) is 2.30. The van der Waals surface area contributed by atoms with Crippen LogP contribution in [0.2, 0.25) is 5.02 Å². The third-order valence-electron chi connectivity index (χ3n) is 2.11. The summed E-state index contributed by atoms with van der Waals surface area (Å²) in [5, 5.41) is 28.6. The fourth-order valence-electron chi connectivity index (χ4n) is 1.29. The first-order valence-electron chi connectivity index (χ1n) is 4.20. The van der Waals surface area contributed by atoms with E-state index >= 15 is 0 Å². The highest BCUT2D eigenvalue weighted by molar-refractivity contribution is 6.31. The molecule has 0 fully saturated rings. The van der Waals surface area contributed by atoms with Crippen molar-refractivity contribution in [3.05, 3.63) is 38.4 Å². The highest BCUT2D eigenvalue weighted by atomic mass is 35.5. The first-order valence-corrected chi connectivity index (χ1v) is 4.57. The predicted octanol–water partition coefficient (Wildman–Crippen LogP) is 1.67. The number of aliphatic hydroxyl groups is 1. The Balaban J connectivity index is 3.40. The lowest BCUT2D eigenvalue weighted by Gasteiger charge is -2.10. The second kappa shape index (κ2) is 4.46. The number of aliphatic hydroxyl groups excluding tert-OH is 1. The molecule has 0 aliphatic carbocycles. The summed E-state index contributed by atoms with van der Waals surface area (Å²) in [6.45, 7) is 1.36. The SMILES string of the molecule is Cc1c(C(O)C(=O)O)cc(Cl)cc1[N+](=O)[O-]. The van der Waals surface area contributed by atoms with Crippen LogP contribution in [0.1, 0.15) is 17.2 Å². The summed E-state index contributed by atoms with van der Waals surface area (Å²) < 4.78 is 0. The van der Waals surface area contributed by atoms with E-state index in [1.807, 2.05) is 0 Å². The van der Waals surface area contributed by atoms with Crippen molar-refractivity contribution >= 4 is 23.3 Å². The number of benzene rings is 1. The number of carboxylic acid groups (broad SMARTS) is 1. The average Bonchev–Trinajstić information content (AvgIpc) is 2.19. The van der Waals surface area contributed by atoms with Crippen molar-refractivity contribution in [3.63, 3.8) is 0 Å². The maximum atomic E-state index is 10.6. The van der Waals surface area contributed by atoms with Crippen molar-refractivity contribution in [2.75, 3.05) is 0 Å². The Morgan fingerprint density at radius 3 is 2.56 bits per heavy atom. The molecule has 0 aliphatic heterocycles. The molecule has 1 aromatic carbocycles. The van der Waals surface area contributed by atoms with Gasteiger partial charge in [0.2, 0.25) is 0 Å². The van der Waals surface area contributed by atoms with E-state index in [1.165, 1.54) is 13.0 Å². The third kappa shape index (κ3) is 2.29. The molecule has 1 rings (SSSR count). The molecule has 0 saturated carbocycles. The fourth-order valence-corrected chi connectivity index (χ4v) is 1.51. The summed E-state index contributed by atoms with van der Waals surface area (Å²) in [5.74, 6) is -1.49. The van der Waals surface area contributed by atoms with Crippen LogP contribution < -0.4 is 0 Å². The Morgan fingerprint density at radius 2 is 2.12 bits per heavy atom. The van der Waals surface area contributed by atoms with Gasteiger partial charge < -0.3 is 10.2 Å². The van der Waals surface area contributed by atoms with Gasteiger partial charge in [0.15, 0.2) is 6.10 Å². The lowest BCUT2D eigenvalue weighted by Crippen LogP contribution is -2.12. The zero-order valence-corrected chi connectivity index (χ0v) is 8.93. The van der Waals surface area contributed by atoms with Crippen LogP contribution in [0.25, 0.3) is 0 Å². The predicted molar refractivity (Wildman–Crippen MR) is 55.4 cm³/mol. The largest absolute Gasteiger partial charge is 0.479 e. The van der Waals surface area contributed by atoms with Gasteiger partial charge >= 0.3 is 5.97 Å². The Kier molecular flexibility index (Phi) is 3.46. The van der Waals surface area contributed by atoms with Crippen LogP contribution in [-0.2, 0) is 4.79 Å². The molecule has 6 nitrogen and oxygen atoms in total. The van der Waals surface area contributed by atoms with Crippen LogP contribution >= 0.6 is 11.6 Å². The number of carbonyl (C=O) groups is 1. The number of hydrogen-bond donors (Lipinski definition) is 2. The monoisotopic (exact) mass is 245 g/mol. The van der Waals surface area contributed by atoms with E-state index in [4.69, 9.17) is 16.7 Å². The van der Waals surface area contributed by atoms with Crippen molar-refractivity contribution in [2.24, 2.45) is 0 Å². The van der Waals surface area contributed by atoms with Crippen molar-refractivity contribution in [2.45, 2.75) is 13.0 Å². The number of nitro benzene ring substituents is 1. The first kappa shape index (κ1) is 12.4. The highest BCUT2D eigenvalue weighted by Crippen LogP contribution is 2.30. The summed E-state index contributed by atoms with van der Waals surface area (Å²) in [6.07, 6.45) is -1.82. The molecule has 2 N–H and O–H groups in total. The maximum absolute atomic E-state index is 10.6. The van der Waals surface area contributed by atoms with Gasteiger partial charge in [0.25, 0.3) is 5.69 Å².